The molecule has 1 aliphatic carbocycles. The molecular formula is C31H34F3N2O3+. The van der Waals surface area contributed by atoms with Gasteiger partial charge in [0.2, 0.25) is 0 Å². The minimum atomic E-state index is -4.42. The van der Waals surface area contributed by atoms with Crippen LogP contribution in [0.25, 0.3) is 0 Å². The first kappa shape index (κ1) is 28.4. The van der Waals surface area contributed by atoms with Crippen molar-refractivity contribution in [2.75, 3.05) is 26.7 Å². The molecule has 206 valence electrons. The number of esters is 1. The number of alkyl halides is 3. The van der Waals surface area contributed by atoms with Crippen LogP contribution in [0.3, 0.4) is 0 Å². The molecule has 0 spiro atoms. The van der Waals surface area contributed by atoms with E-state index in [0.29, 0.717) is 17.2 Å². The highest BCUT2D eigenvalue weighted by Gasteiger charge is 2.52. The maximum absolute atomic E-state index is 12.8. The number of ether oxygens (including phenoxy) is 1. The van der Waals surface area contributed by atoms with E-state index in [2.05, 4.69) is 36.9 Å². The summed E-state index contributed by atoms with van der Waals surface area (Å²) in [5.41, 5.74) is 0.484. The highest BCUT2D eigenvalue weighted by atomic mass is 19.4. The number of quaternary nitrogens is 1. The Morgan fingerprint density at radius 3 is 2.62 bits per heavy atom. The van der Waals surface area contributed by atoms with Crippen LogP contribution < -0.4 is 10.1 Å². The number of hydrogen-bond acceptors (Lipinski definition) is 3. The third kappa shape index (κ3) is 6.72. The summed E-state index contributed by atoms with van der Waals surface area (Å²) in [6, 6.07) is 12.0. The summed E-state index contributed by atoms with van der Waals surface area (Å²) in [5.74, 6) is 5.26. The fourth-order valence-corrected chi connectivity index (χ4v) is 6.28. The minimum Gasteiger partial charge on any atom is -0.427 e. The molecular weight excluding hydrogens is 505 g/mol. The molecule has 2 aromatic carbocycles. The van der Waals surface area contributed by atoms with E-state index >= 15 is 0 Å². The lowest BCUT2D eigenvalue weighted by Gasteiger charge is -2.55. The van der Waals surface area contributed by atoms with E-state index in [1.54, 1.807) is 6.07 Å². The van der Waals surface area contributed by atoms with Crippen LogP contribution in [0.5, 0.6) is 5.75 Å². The average Bonchev–Trinajstić information content (AvgIpc) is 2.87. The fraction of sp³-hybridized carbons (Fsp3) is 0.419. The van der Waals surface area contributed by atoms with Gasteiger partial charge in [-0.15, -0.1) is 0 Å². The first-order valence-electron chi connectivity index (χ1n) is 13.2. The van der Waals surface area contributed by atoms with E-state index in [1.807, 2.05) is 18.2 Å². The van der Waals surface area contributed by atoms with Crippen LogP contribution in [0.4, 0.5) is 13.2 Å². The lowest BCUT2D eigenvalue weighted by molar-refractivity contribution is -0.914. The van der Waals surface area contributed by atoms with Gasteiger partial charge in [-0.3, -0.25) is 9.59 Å². The van der Waals surface area contributed by atoms with Gasteiger partial charge in [0, 0.05) is 42.2 Å². The van der Waals surface area contributed by atoms with Crippen LogP contribution in [0.1, 0.15) is 49.3 Å². The van der Waals surface area contributed by atoms with Crippen LogP contribution in [0.15, 0.2) is 61.2 Å². The second-order valence-electron chi connectivity index (χ2n) is 11.0. The van der Waals surface area contributed by atoms with E-state index in [-0.39, 0.29) is 17.4 Å². The second kappa shape index (κ2) is 11.3. The van der Waals surface area contributed by atoms with Crippen molar-refractivity contribution in [3.8, 4) is 17.6 Å². The maximum atomic E-state index is 12.8. The number of rotatable bonds is 5. The summed E-state index contributed by atoms with van der Waals surface area (Å²) in [6.45, 7) is 8.15. The molecule has 4 rings (SSSR count). The molecule has 1 saturated carbocycles. The number of likely N-dealkylation sites (N-methyl/N-ethyl adjacent to an activating group) is 1. The third-order valence-electron chi connectivity index (χ3n) is 8.12. The second-order valence-corrected chi connectivity index (χ2v) is 11.0. The standard InChI is InChI=1S/C31H33F3N2O3/c1-4-17-36(3)18-16-30(25-6-5-7-28(19-25)39-22(2)37)20-27(14-13-26(30)21-36)35-29(38)15-10-23-8-11-24(12-9-23)31(32,33)34/h4-9,11-12,19,26-27H,1,13-14,16-18,20-21H2,2-3H3/p+1/t26?,27-,30+,36+/m1/s1. The Morgan fingerprint density at radius 1 is 1.21 bits per heavy atom. The number of fused-ring (bicyclic) bond motifs is 1. The molecule has 2 fully saturated rings. The first-order valence-corrected chi connectivity index (χ1v) is 13.2. The largest absolute Gasteiger partial charge is 0.427 e. The van der Waals surface area contributed by atoms with Crippen LogP contribution >= 0.6 is 0 Å². The molecule has 1 heterocycles. The molecule has 1 saturated heterocycles. The zero-order chi connectivity index (χ0) is 28.3. The van der Waals surface area contributed by atoms with Crippen LogP contribution in [-0.4, -0.2) is 49.1 Å². The minimum absolute atomic E-state index is 0.107. The van der Waals surface area contributed by atoms with Crippen molar-refractivity contribution in [1.82, 2.24) is 5.32 Å². The predicted octanol–water partition coefficient (Wildman–Crippen LogP) is 5.24. The van der Waals surface area contributed by atoms with Gasteiger partial charge in [-0.1, -0.05) is 24.6 Å². The van der Waals surface area contributed by atoms with Crippen molar-refractivity contribution < 1.29 is 32.0 Å². The van der Waals surface area contributed by atoms with Gasteiger partial charge in [0.1, 0.15) is 5.75 Å². The molecule has 5 nitrogen and oxygen atoms in total. The number of benzene rings is 2. The van der Waals surface area contributed by atoms with Gasteiger partial charge in [0.15, 0.2) is 0 Å². The smallest absolute Gasteiger partial charge is 0.416 e. The molecule has 2 aliphatic rings. The number of hydrogen-bond donors (Lipinski definition) is 1. The van der Waals surface area contributed by atoms with Gasteiger partial charge in [-0.25, -0.2) is 0 Å². The topological polar surface area (TPSA) is 55.4 Å². The van der Waals surface area contributed by atoms with Gasteiger partial charge < -0.3 is 14.5 Å². The highest BCUT2D eigenvalue weighted by molar-refractivity contribution is 5.94. The van der Waals surface area contributed by atoms with Gasteiger partial charge in [-0.2, -0.15) is 13.2 Å². The van der Waals surface area contributed by atoms with Gasteiger partial charge in [0.05, 0.1) is 32.2 Å². The Balaban J connectivity index is 1.54. The lowest BCUT2D eigenvalue weighted by atomic mass is 9.57. The maximum Gasteiger partial charge on any atom is 0.416 e. The highest BCUT2D eigenvalue weighted by Crippen LogP contribution is 2.50. The number of carbonyl (C=O) groups excluding carboxylic acids is 2. The van der Waals surface area contributed by atoms with Crippen molar-refractivity contribution in [3.05, 3.63) is 77.9 Å². The molecule has 2 aromatic rings. The van der Waals surface area contributed by atoms with E-state index in [4.69, 9.17) is 4.74 Å². The lowest BCUT2D eigenvalue weighted by Crippen LogP contribution is -2.62. The molecule has 8 heteroatoms. The van der Waals surface area contributed by atoms with Crippen molar-refractivity contribution in [1.29, 1.82) is 0 Å². The average molecular weight is 540 g/mol. The van der Waals surface area contributed by atoms with Gasteiger partial charge in [-0.05, 0) is 67.3 Å². The fourth-order valence-electron chi connectivity index (χ4n) is 6.28. The number of nitrogens with one attached hydrogen (secondary N) is 1. The molecule has 1 aliphatic heterocycles. The van der Waals surface area contributed by atoms with Crippen LogP contribution in [-0.2, 0) is 21.2 Å². The molecule has 1 unspecified atom stereocenters. The van der Waals surface area contributed by atoms with E-state index < -0.39 is 17.6 Å². The van der Waals surface area contributed by atoms with Crippen molar-refractivity contribution in [2.45, 2.75) is 50.2 Å². The number of nitrogens with zero attached hydrogens (tertiary/aromatic N) is 1. The Morgan fingerprint density at radius 2 is 1.95 bits per heavy atom. The SMILES string of the molecule is C=CC[N@@+]1(C)CC[C@@]2(c3cccc(OC(C)=O)c3)C[C@H](NC(=O)C#Cc3ccc(C(F)(F)F)cc3)CCC2C1. The predicted molar refractivity (Wildman–Crippen MR) is 143 cm³/mol. The zero-order valence-corrected chi connectivity index (χ0v) is 22.3. The number of amides is 1. The number of piperidine rings is 1. The third-order valence-corrected chi connectivity index (χ3v) is 8.12. The molecule has 0 aromatic heterocycles. The normalized spacial score (nSPS) is 26.4. The molecule has 1 amide bonds. The molecule has 0 bridgehead atoms. The Labute approximate surface area is 227 Å². The number of carbonyl (C=O) groups is 2. The summed E-state index contributed by atoms with van der Waals surface area (Å²) in [6.07, 6.45) is 0.905. The summed E-state index contributed by atoms with van der Waals surface area (Å²) >= 11 is 0. The summed E-state index contributed by atoms with van der Waals surface area (Å²) in [4.78, 5) is 24.3. The summed E-state index contributed by atoms with van der Waals surface area (Å²) in [7, 11) is 2.26. The number of halogens is 3. The van der Waals surface area contributed by atoms with Crippen molar-refractivity contribution in [2.24, 2.45) is 5.92 Å². The quantitative estimate of drug-likeness (QED) is 0.186. The van der Waals surface area contributed by atoms with Gasteiger partial charge >= 0.3 is 12.1 Å². The Kier molecular flexibility index (Phi) is 8.22. The van der Waals surface area contributed by atoms with E-state index in [0.717, 1.165) is 67.5 Å². The summed E-state index contributed by atoms with van der Waals surface area (Å²) < 4.78 is 44.7. The Bertz CT molecular complexity index is 1290. The monoisotopic (exact) mass is 539 g/mol. The first-order chi connectivity index (χ1) is 18.4. The molecule has 0 radical (unpaired) electrons. The molecule has 39 heavy (non-hydrogen) atoms. The zero-order valence-electron chi connectivity index (χ0n) is 22.3. The Hall–Kier alpha value is -3.57. The molecule has 4 atom stereocenters. The molecule has 1 N–H and O–H groups in total. The summed E-state index contributed by atoms with van der Waals surface area (Å²) in [5, 5.41) is 3.05. The van der Waals surface area contributed by atoms with Crippen LogP contribution in [0, 0.1) is 17.8 Å². The van der Waals surface area contributed by atoms with E-state index in [9.17, 15) is 22.8 Å². The van der Waals surface area contributed by atoms with Crippen LogP contribution in [0.2, 0.25) is 0 Å². The number of likely N-dealkylation sites (tertiary alicyclic amines) is 1. The van der Waals surface area contributed by atoms with Gasteiger partial charge in [0.25, 0.3) is 5.91 Å². The van der Waals surface area contributed by atoms with Crippen molar-refractivity contribution >= 4 is 11.9 Å². The van der Waals surface area contributed by atoms with E-state index in [1.165, 1.54) is 19.1 Å². The van der Waals surface area contributed by atoms with Crippen molar-refractivity contribution in [3.63, 3.8) is 0 Å².